The first-order chi connectivity index (χ1) is 17.3. The number of rotatable bonds is 6. The van der Waals surface area contributed by atoms with Crippen LogP contribution in [0, 0.1) is 0 Å². The first kappa shape index (κ1) is 23.2. The van der Waals surface area contributed by atoms with Gasteiger partial charge in [0, 0.05) is 30.6 Å². The van der Waals surface area contributed by atoms with Crippen LogP contribution in [0.5, 0.6) is 5.75 Å². The van der Waals surface area contributed by atoms with E-state index in [-0.39, 0.29) is 35.6 Å². The Morgan fingerprint density at radius 1 is 1.06 bits per heavy atom. The first-order valence-corrected chi connectivity index (χ1v) is 11.5. The molecule has 0 radical (unpaired) electrons. The maximum atomic E-state index is 12.9. The van der Waals surface area contributed by atoms with E-state index >= 15 is 0 Å². The average molecular weight is 486 g/mol. The van der Waals surface area contributed by atoms with Crippen LogP contribution in [-0.2, 0) is 16.0 Å². The zero-order chi connectivity index (χ0) is 25.4. The molecule has 182 valence electrons. The van der Waals surface area contributed by atoms with Crippen LogP contribution in [0.15, 0.2) is 48.7 Å². The van der Waals surface area contributed by atoms with Crippen LogP contribution in [0.2, 0.25) is 0 Å². The molecule has 1 atom stereocenters. The molecule has 1 unspecified atom stereocenters. The highest BCUT2D eigenvalue weighted by atomic mass is 16.3. The Hall–Kier alpha value is -4.60. The second-order valence-electron chi connectivity index (χ2n) is 8.79. The molecule has 10 nitrogen and oxygen atoms in total. The van der Waals surface area contributed by atoms with E-state index in [2.05, 4.69) is 15.6 Å². The maximum Gasteiger partial charge on any atom is 0.262 e. The number of piperidine rings is 1. The number of nitrogens with one attached hydrogen (secondary N) is 2. The van der Waals surface area contributed by atoms with E-state index in [1.54, 1.807) is 30.3 Å². The number of amides is 5. The summed E-state index contributed by atoms with van der Waals surface area (Å²) in [6, 6.07) is 10.4. The standard InChI is InChI=1S/C26H22N4O6/c31-17-5-4-15-11-16(13-28-20(15)12-17)23(33)27-9-1-2-14-3-6-18-19(10-14)26(36)30(25(18)35)21-7-8-22(32)29-24(21)34/h3-6,10-13,21,31H,1-2,7-9H2,(H,27,33)(H,29,32,34). The summed E-state index contributed by atoms with van der Waals surface area (Å²) in [4.78, 5) is 67.0. The number of carbonyl (C=O) groups is 5. The van der Waals surface area contributed by atoms with Crippen molar-refractivity contribution in [3.63, 3.8) is 0 Å². The monoisotopic (exact) mass is 486 g/mol. The van der Waals surface area contributed by atoms with Crippen molar-refractivity contribution in [1.82, 2.24) is 20.5 Å². The summed E-state index contributed by atoms with van der Waals surface area (Å²) in [5.41, 5.74) is 2.29. The summed E-state index contributed by atoms with van der Waals surface area (Å²) in [5, 5.41) is 15.3. The SMILES string of the molecule is O=C1CCC(N2C(=O)c3ccc(CCCNC(=O)c4cnc5cc(O)ccc5c4)cc3C2=O)C(=O)N1. The van der Waals surface area contributed by atoms with E-state index in [4.69, 9.17) is 0 Å². The fourth-order valence-corrected chi connectivity index (χ4v) is 4.50. The zero-order valence-electron chi connectivity index (χ0n) is 19.1. The summed E-state index contributed by atoms with van der Waals surface area (Å²) >= 11 is 0. The Kier molecular flexibility index (Phi) is 5.93. The predicted octanol–water partition coefficient (Wildman–Crippen LogP) is 1.70. The molecule has 5 rings (SSSR count). The molecular formula is C26H22N4O6. The molecule has 1 aromatic heterocycles. The third kappa shape index (κ3) is 4.28. The Morgan fingerprint density at radius 3 is 2.67 bits per heavy atom. The molecule has 5 amide bonds. The van der Waals surface area contributed by atoms with Crippen LogP contribution < -0.4 is 10.6 Å². The lowest BCUT2D eigenvalue weighted by Crippen LogP contribution is -2.54. The Labute approximate surface area is 205 Å². The molecule has 1 fully saturated rings. The molecule has 1 saturated heterocycles. The average Bonchev–Trinajstić information content (AvgIpc) is 3.10. The van der Waals surface area contributed by atoms with Crippen molar-refractivity contribution in [2.45, 2.75) is 31.7 Å². The fourth-order valence-electron chi connectivity index (χ4n) is 4.50. The molecule has 3 heterocycles. The molecule has 0 bridgehead atoms. The van der Waals surface area contributed by atoms with Gasteiger partial charge in [0.2, 0.25) is 11.8 Å². The van der Waals surface area contributed by atoms with E-state index < -0.39 is 29.7 Å². The van der Waals surface area contributed by atoms with E-state index in [1.165, 1.54) is 18.3 Å². The summed E-state index contributed by atoms with van der Waals surface area (Å²) in [7, 11) is 0. The first-order valence-electron chi connectivity index (χ1n) is 11.5. The highest BCUT2D eigenvalue weighted by Crippen LogP contribution is 2.28. The van der Waals surface area contributed by atoms with Gasteiger partial charge in [-0.2, -0.15) is 0 Å². The van der Waals surface area contributed by atoms with Crippen molar-refractivity contribution < 1.29 is 29.1 Å². The second kappa shape index (κ2) is 9.21. The molecule has 3 aromatic rings. The Morgan fingerprint density at radius 2 is 1.86 bits per heavy atom. The molecule has 0 aliphatic carbocycles. The number of aryl methyl sites for hydroxylation is 1. The molecule has 2 aliphatic heterocycles. The number of fused-ring (bicyclic) bond motifs is 2. The number of aromatic nitrogens is 1. The van der Waals surface area contributed by atoms with Gasteiger partial charge in [-0.05, 0) is 55.2 Å². The molecule has 0 spiro atoms. The van der Waals surface area contributed by atoms with E-state index in [9.17, 15) is 29.1 Å². The number of aromatic hydroxyl groups is 1. The third-order valence-electron chi connectivity index (χ3n) is 6.36. The topological polar surface area (TPSA) is 146 Å². The summed E-state index contributed by atoms with van der Waals surface area (Å²) in [6.07, 6.45) is 2.78. The normalized spacial score (nSPS) is 17.3. The van der Waals surface area contributed by atoms with E-state index in [1.807, 2.05) is 0 Å². The lowest BCUT2D eigenvalue weighted by Gasteiger charge is -2.27. The van der Waals surface area contributed by atoms with Gasteiger partial charge in [0.25, 0.3) is 17.7 Å². The van der Waals surface area contributed by atoms with Crippen LogP contribution in [0.25, 0.3) is 10.9 Å². The second-order valence-corrected chi connectivity index (χ2v) is 8.79. The summed E-state index contributed by atoms with van der Waals surface area (Å²) in [5.74, 6) is -2.31. The number of phenolic OH excluding ortho intramolecular Hbond substituents is 1. The number of phenols is 1. The molecular weight excluding hydrogens is 464 g/mol. The highest BCUT2D eigenvalue weighted by molar-refractivity contribution is 6.23. The molecule has 36 heavy (non-hydrogen) atoms. The van der Waals surface area contributed by atoms with Crippen LogP contribution in [0.3, 0.4) is 0 Å². The quantitative estimate of drug-likeness (QED) is 0.355. The number of benzene rings is 2. The Balaban J connectivity index is 1.19. The van der Waals surface area contributed by atoms with Crippen molar-refractivity contribution in [3.05, 3.63) is 70.9 Å². The molecule has 0 saturated carbocycles. The van der Waals surface area contributed by atoms with Gasteiger partial charge >= 0.3 is 0 Å². The predicted molar refractivity (Wildman–Crippen MR) is 127 cm³/mol. The number of pyridine rings is 1. The minimum absolute atomic E-state index is 0.0691. The molecule has 3 N–H and O–H groups in total. The smallest absolute Gasteiger partial charge is 0.262 e. The van der Waals surface area contributed by atoms with Crippen LogP contribution >= 0.6 is 0 Å². The number of carbonyl (C=O) groups excluding carboxylic acids is 5. The molecule has 2 aromatic carbocycles. The van der Waals surface area contributed by atoms with Crippen LogP contribution in [0.4, 0.5) is 0 Å². The number of hydrogen-bond acceptors (Lipinski definition) is 7. The van der Waals surface area contributed by atoms with Crippen molar-refractivity contribution >= 4 is 40.4 Å². The fraction of sp³-hybridized carbons (Fsp3) is 0.231. The van der Waals surface area contributed by atoms with Gasteiger partial charge < -0.3 is 10.4 Å². The van der Waals surface area contributed by atoms with Crippen LogP contribution in [-0.4, -0.2) is 57.1 Å². The van der Waals surface area contributed by atoms with E-state index in [0.29, 0.717) is 30.5 Å². The van der Waals surface area contributed by atoms with Gasteiger partial charge in [0.05, 0.1) is 22.2 Å². The minimum Gasteiger partial charge on any atom is -0.508 e. The lowest BCUT2D eigenvalue weighted by molar-refractivity contribution is -0.136. The zero-order valence-corrected chi connectivity index (χ0v) is 19.1. The van der Waals surface area contributed by atoms with Crippen molar-refractivity contribution in [1.29, 1.82) is 0 Å². The van der Waals surface area contributed by atoms with Gasteiger partial charge in [-0.3, -0.25) is 39.2 Å². The van der Waals surface area contributed by atoms with Crippen molar-refractivity contribution in [2.24, 2.45) is 0 Å². The largest absolute Gasteiger partial charge is 0.508 e. The summed E-state index contributed by atoms with van der Waals surface area (Å²) in [6.45, 7) is 0.388. The maximum absolute atomic E-state index is 12.9. The van der Waals surface area contributed by atoms with Crippen LogP contribution in [0.1, 0.15) is 55.9 Å². The van der Waals surface area contributed by atoms with Crippen molar-refractivity contribution in [2.75, 3.05) is 6.54 Å². The highest BCUT2D eigenvalue weighted by Gasteiger charge is 2.44. The van der Waals surface area contributed by atoms with Crippen molar-refractivity contribution in [3.8, 4) is 5.75 Å². The summed E-state index contributed by atoms with van der Waals surface area (Å²) < 4.78 is 0. The number of nitrogens with zero attached hydrogens (tertiary/aromatic N) is 2. The number of imide groups is 2. The molecule has 10 heteroatoms. The Bertz CT molecular complexity index is 1450. The van der Waals surface area contributed by atoms with Gasteiger partial charge in [0.1, 0.15) is 11.8 Å². The molecule has 2 aliphatic rings. The van der Waals surface area contributed by atoms with Gasteiger partial charge in [-0.15, -0.1) is 0 Å². The number of hydrogen-bond donors (Lipinski definition) is 3. The third-order valence-corrected chi connectivity index (χ3v) is 6.36. The van der Waals surface area contributed by atoms with E-state index in [0.717, 1.165) is 15.8 Å². The van der Waals surface area contributed by atoms with Gasteiger partial charge in [-0.25, -0.2) is 0 Å². The van der Waals surface area contributed by atoms with Gasteiger partial charge in [0.15, 0.2) is 0 Å². The minimum atomic E-state index is -0.996. The lowest BCUT2D eigenvalue weighted by atomic mass is 10.0. The van der Waals surface area contributed by atoms with Gasteiger partial charge in [-0.1, -0.05) is 6.07 Å².